The summed E-state index contributed by atoms with van der Waals surface area (Å²) in [5.74, 6) is -1.02. The standard InChI is InChI=1S/C12H12FNO2/c1-2-16-12(15)10-5-3-7-11(13)9(10)6-4-8-14/h3,5,7H,2,4,6H2,1H3. The quantitative estimate of drug-likeness (QED) is 0.734. The summed E-state index contributed by atoms with van der Waals surface area (Å²) >= 11 is 0. The molecule has 1 rings (SSSR count). The monoisotopic (exact) mass is 221 g/mol. The Kier molecular flexibility index (Phi) is 4.46. The van der Waals surface area contributed by atoms with Crippen LogP contribution in [-0.4, -0.2) is 12.6 Å². The normalized spacial score (nSPS) is 9.56. The van der Waals surface area contributed by atoms with E-state index in [-0.39, 0.29) is 30.6 Å². The second-order valence-corrected chi connectivity index (χ2v) is 3.14. The minimum Gasteiger partial charge on any atom is -0.462 e. The maximum Gasteiger partial charge on any atom is 0.338 e. The zero-order chi connectivity index (χ0) is 12.0. The van der Waals surface area contributed by atoms with E-state index in [0.29, 0.717) is 0 Å². The average molecular weight is 221 g/mol. The Morgan fingerprint density at radius 3 is 2.94 bits per heavy atom. The highest BCUT2D eigenvalue weighted by atomic mass is 19.1. The molecule has 0 atom stereocenters. The molecule has 0 aliphatic carbocycles. The van der Waals surface area contributed by atoms with Gasteiger partial charge in [-0.3, -0.25) is 0 Å². The predicted octanol–water partition coefficient (Wildman–Crippen LogP) is 2.46. The first kappa shape index (κ1) is 12.2. The number of benzene rings is 1. The van der Waals surface area contributed by atoms with Crippen LogP contribution in [0.5, 0.6) is 0 Å². The maximum absolute atomic E-state index is 13.5. The summed E-state index contributed by atoms with van der Waals surface area (Å²) in [6.07, 6.45) is 0.394. The fraction of sp³-hybridized carbons (Fsp3) is 0.333. The van der Waals surface area contributed by atoms with E-state index in [1.54, 1.807) is 6.92 Å². The summed E-state index contributed by atoms with van der Waals surface area (Å²) < 4.78 is 18.3. The molecule has 4 heteroatoms. The van der Waals surface area contributed by atoms with Crippen molar-refractivity contribution >= 4 is 5.97 Å². The third kappa shape index (κ3) is 2.80. The Labute approximate surface area is 93.5 Å². The highest BCUT2D eigenvalue weighted by molar-refractivity contribution is 5.91. The van der Waals surface area contributed by atoms with Gasteiger partial charge < -0.3 is 4.74 Å². The van der Waals surface area contributed by atoms with Gasteiger partial charge in [0.25, 0.3) is 0 Å². The van der Waals surface area contributed by atoms with E-state index in [1.165, 1.54) is 18.2 Å². The molecule has 0 heterocycles. The van der Waals surface area contributed by atoms with Gasteiger partial charge in [0.1, 0.15) is 5.82 Å². The average Bonchev–Trinajstić information content (AvgIpc) is 2.27. The first-order chi connectivity index (χ1) is 7.70. The topological polar surface area (TPSA) is 50.1 Å². The van der Waals surface area contributed by atoms with Crippen LogP contribution in [0.3, 0.4) is 0 Å². The molecule has 1 aromatic carbocycles. The fourth-order valence-electron chi connectivity index (χ4n) is 1.39. The van der Waals surface area contributed by atoms with Crippen molar-refractivity contribution in [1.82, 2.24) is 0 Å². The van der Waals surface area contributed by atoms with Gasteiger partial charge in [-0.05, 0) is 25.5 Å². The molecule has 1 aromatic rings. The molecular weight excluding hydrogens is 209 g/mol. The lowest BCUT2D eigenvalue weighted by Crippen LogP contribution is -2.09. The van der Waals surface area contributed by atoms with Crippen molar-refractivity contribution in [3.8, 4) is 6.07 Å². The van der Waals surface area contributed by atoms with Gasteiger partial charge in [-0.1, -0.05) is 6.07 Å². The Bertz CT molecular complexity index is 424. The van der Waals surface area contributed by atoms with Crippen LogP contribution >= 0.6 is 0 Å². The summed E-state index contributed by atoms with van der Waals surface area (Å²) in [6, 6.07) is 6.16. The van der Waals surface area contributed by atoms with Crippen molar-refractivity contribution in [2.45, 2.75) is 19.8 Å². The van der Waals surface area contributed by atoms with Crippen LogP contribution in [0.25, 0.3) is 0 Å². The van der Waals surface area contributed by atoms with Crippen molar-refractivity contribution in [2.24, 2.45) is 0 Å². The number of carbonyl (C=O) groups is 1. The SMILES string of the molecule is CCOC(=O)c1cccc(F)c1CCC#N. The first-order valence-corrected chi connectivity index (χ1v) is 5.02. The van der Waals surface area contributed by atoms with Crippen molar-refractivity contribution in [3.63, 3.8) is 0 Å². The molecular formula is C12H12FNO2. The van der Waals surface area contributed by atoms with E-state index < -0.39 is 11.8 Å². The van der Waals surface area contributed by atoms with Crippen molar-refractivity contribution < 1.29 is 13.9 Å². The van der Waals surface area contributed by atoms with Gasteiger partial charge in [0.2, 0.25) is 0 Å². The van der Waals surface area contributed by atoms with Gasteiger partial charge in [-0.15, -0.1) is 0 Å². The summed E-state index contributed by atoms with van der Waals surface area (Å²) in [4.78, 5) is 11.5. The van der Waals surface area contributed by atoms with Gasteiger partial charge in [0.05, 0.1) is 18.2 Å². The van der Waals surface area contributed by atoms with Crippen LogP contribution < -0.4 is 0 Å². The van der Waals surface area contributed by atoms with Gasteiger partial charge in [0.15, 0.2) is 0 Å². The second kappa shape index (κ2) is 5.86. The second-order valence-electron chi connectivity index (χ2n) is 3.14. The Balaban J connectivity index is 3.03. The number of halogens is 1. The number of hydrogen-bond acceptors (Lipinski definition) is 3. The molecule has 0 bridgehead atoms. The smallest absolute Gasteiger partial charge is 0.338 e. The van der Waals surface area contributed by atoms with Crippen LogP contribution in [0.2, 0.25) is 0 Å². The van der Waals surface area contributed by atoms with Gasteiger partial charge in [0, 0.05) is 12.0 Å². The van der Waals surface area contributed by atoms with Crippen LogP contribution in [0, 0.1) is 17.1 Å². The van der Waals surface area contributed by atoms with Crippen LogP contribution in [0.1, 0.15) is 29.3 Å². The van der Waals surface area contributed by atoms with Crippen LogP contribution in [0.4, 0.5) is 4.39 Å². The molecule has 0 saturated carbocycles. The highest BCUT2D eigenvalue weighted by Gasteiger charge is 2.15. The number of esters is 1. The summed E-state index contributed by atoms with van der Waals surface area (Å²) in [5.41, 5.74) is 0.458. The lowest BCUT2D eigenvalue weighted by molar-refractivity contribution is 0.0524. The number of carbonyl (C=O) groups excluding carboxylic acids is 1. The van der Waals surface area contributed by atoms with E-state index in [1.807, 2.05) is 6.07 Å². The summed E-state index contributed by atoms with van der Waals surface area (Å²) in [7, 11) is 0. The molecule has 84 valence electrons. The molecule has 0 aromatic heterocycles. The minimum absolute atomic E-state index is 0.174. The molecule has 0 spiro atoms. The van der Waals surface area contributed by atoms with Crippen molar-refractivity contribution in [2.75, 3.05) is 6.61 Å². The zero-order valence-electron chi connectivity index (χ0n) is 9.00. The molecule has 16 heavy (non-hydrogen) atoms. The Hall–Kier alpha value is -1.89. The number of nitriles is 1. The maximum atomic E-state index is 13.5. The third-order valence-electron chi connectivity index (χ3n) is 2.10. The highest BCUT2D eigenvalue weighted by Crippen LogP contribution is 2.16. The molecule has 0 saturated heterocycles. The molecule has 0 aliphatic heterocycles. The first-order valence-electron chi connectivity index (χ1n) is 5.02. The minimum atomic E-state index is -0.546. The lowest BCUT2D eigenvalue weighted by Gasteiger charge is -2.08. The van der Waals surface area contributed by atoms with E-state index >= 15 is 0 Å². The van der Waals surface area contributed by atoms with E-state index in [2.05, 4.69) is 0 Å². The third-order valence-corrected chi connectivity index (χ3v) is 2.10. The van der Waals surface area contributed by atoms with E-state index in [0.717, 1.165) is 0 Å². The van der Waals surface area contributed by atoms with E-state index in [4.69, 9.17) is 10.00 Å². The summed E-state index contributed by atoms with van der Waals surface area (Å²) in [6.45, 7) is 1.93. The van der Waals surface area contributed by atoms with Gasteiger partial charge >= 0.3 is 5.97 Å². The molecule has 0 N–H and O–H groups in total. The van der Waals surface area contributed by atoms with Gasteiger partial charge in [-0.25, -0.2) is 9.18 Å². The van der Waals surface area contributed by atoms with E-state index in [9.17, 15) is 9.18 Å². The number of hydrogen-bond donors (Lipinski definition) is 0. The van der Waals surface area contributed by atoms with Gasteiger partial charge in [-0.2, -0.15) is 5.26 Å². The predicted molar refractivity (Wildman–Crippen MR) is 56.3 cm³/mol. The molecule has 0 fully saturated rings. The Morgan fingerprint density at radius 1 is 1.56 bits per heavy atom. The number of nitrogens with zero attached hydrogens (tertiary/aromatic N) is 1. The lowest BCUT2D eigenvalue weighted by atomic mass is 10.0. The molecule has 3 nitrogen and oxygen atoms in total. The summed E-state index contributed by atoms with van der Waals surface area (Å²) in [5, 5.41) is 8.46. The molecule has 0 unspecified atom stereocenters. The van der Waals surface area contributed by atoms with Crippen LogP contribution in [0.15, 0.2) is 18.2 Å². The van der Waals surface area contributed by atoms with Crippen molar-refractivity contribution in [3.05, 3.63) is 35.1 Å². The number of rotatable bonds is 4. The zero-order valence-corrected chi connectivity index (χ0v) is 9.00. The van der Waals surface area contributed by atoms with Crippen LogP contribution in [-0.2, 0) is 11.2 Å². The fourth-order valence-corrected chi connectivity index (χ4v) is 1.39. The molecule has 0 amide bonds. The molecule has 0 aliphatic rings. The molecule has 0 radical (unpaired) electrons. The van der Waals surface area contributed by atoms with Crippen molar-refractivity contribution in [1.29, 1.82) is 5.26 Å². The number of ether oxygens (including phenoxy) is 1. The Morgan fingerprint density at radius 2 is 2.31 bits per heavy atom. The largest absolute Gasteiger partial charge is 0.462 e.